The molecule has 2 rings (SSSR count). The number of aryl methyl sites for hydroxylation is 1. The Morgan fingerprint density at radius 2 is 1.90 bits per heavy atom. The van der Waals surface area contributed by atoms with E-state index in [9.17, 15) is 14.9 Å². The average molecular weight is 352 g/mol. The number of nitrogens with zero attached hydrogens (tertiary/aromatic N) is 1. The second-order valence-electron chi connectivity index (χ2n) is 4.26. The summed E-state index contributed by atoms with van der Waals surface area (Å²) < 4.78 is 6.10. The van der Waals surface area contributed by atoms with Crippen molar-refractivity contribution in [3.63, 3.8) is 0 Å². The third kappa shape index (κ3) is 3.38. The predicted molar refractivity (Wildman–Crippen MR) is 79.0 cm³/mol. The third-order valence-electron chi connectivity index (χ3n) is 2.76. The number of ether oxygens (including phenoxy) is 1. The van der Waals surface area contributed by atoms with E-state index in [1.807, 2.05) is 0 Å². The molecule has 0 amide bonds. The molecule has 21 heavy (non-hydrogen) atoms. The Bertz CT molecular complexity index is 729. The Morgan fingerprint density at radius 3 is 2.48 bits per heavy atom. The summed E-state index contributed by atoms with van der Waals surface area (Å²) in [6.07, 6.45) is 0. The van der Waals surface area contributed by atoms with Gasteiger partial charge in [0.1, 0.15) is 5.75 Å². The van der Waals surface area contributed by atoms with E-state index in [-0.39, 0.29) is 17.0 Å². The lowest BCUT2D eigenvalue weighted by Gasteiger charge is -2.09. The number of benzene rings is 2. The highest BCUT2D eigenvalue weighted by molar-refractivity contribution is 9.10. The molecule has 0 bridgehead atoms. The summed E-state index contributed by atoms with van der Waals surface area (Å²) in [6, 6.07) is 8.76. The number of carboxylic acid groups (broad SMARTS) is 1. The topological polar surface area (TPSA) is 89.7 Å². The molecule has 0 fully saturated rings. The summed E-state index contributed by atoms with van der Waals surface area (Å²) in [5, 5.41) is 19.9. The molecule has 0 aliphatic heterocycles. The molecular formula is C14H10BrNO5. The average Bonchev–Trinajstić information content (AvgIpc) is 2.42. The van der Waals surface area contributed by atoms with Gasteiger partial charge in [0.05, 0.1) is 10.5 Å². The van der Waals surface area contributed by atoms with E-state index < -0.39 is 10.9 Å². The first kappa shape index (κ1) is 15.0. The van der Waals surface area contributed by atoms with Crippen LogP contribution in [0.2, 0.25) is 0 Å². The highest BCUT2D eigenvalue weighted by Gasteiger charge is 2.17. The van der Waals surface area contributed by atoms with Gasteiger partial charge in [-0.1, -0.05) is 15.9 Å². The molecule has 0 aliphatic carbocycles. The Morgan fingerprint density at radius 1 is 1.24 bits per heavy atom. The molecule has 6 nitrogen and oxygen atoms in total. The number of nitro benzene ring substituents is 1. The van der Waals surface area contributed by atoms with Gasteiger partial charge in [0, 0.05) is 10.5 Å². The molecule has 2 aromatic carbocycles. The van der Waals surface area contributed by atoms with Crippen LogP contribution in [-0.4, -0.2) is 16.0 Å². The van der Waals surface area contributed by atoms with Crippen LogP contribution in [0, 0.1) is 17.0 Å². The van der Waals surface area contributed by atoms with Gasteiger partial charge in [0.15, 0.2) is 0 Å². The van der Waals surface area contributed by atoms with Crippen LogP contribution in [0.3, 0.4) is 0 Å². The fourth-order valence-corrected chi connectivity index (χ4v) is 2.08. The maximum absolute atomic E-state index is 11.0. The molecule has 0 atom stereocenters. The van der Waals surface area contributed by atoms with Crippen molar-refractivity contribution in [2.24, 2.45) is 0 Å². The summed E-state index contributed by atoms with van der Waals surface area (Å²) in [5.41, 5.74) is 0.531. The molecule has 7 heteroatoms. The van der Waals surface area contributed by atoms with Gasteiger partial charge in [-0.25, -0.2) is 4.79 Å². The van der Waals surface area contributed by atoms with Gasteiger partial charge in [-0.3, -0.25) is 10.1 Å². The fourth-order valence-electron chi connectivity index (χ4n) is 1.73. The zero-order chi connectivity index (χ0) is 15.6. The lowest BCUT2D eigenvalue weighted by Crippen LogP contribution is -1.98. The van der Waals surface area contributed by atoms with Crippen molar-refractivity contribution in [2.45, 2.75) is 6.92 Å². The van der Waals surface area contributed by atoms with Gasteiger partial charge in [0.25, 0.3) is 0 Å². The van der Waals surface area contributed by atoms with Crippen LogP contribution in [-0.2, 0) is 0 Å². The Balaban J connectivity index is 2.39. The summed E-state index contributed by atoms with van der Waals surface area (Å²) in [7, 11) is 0. The van der Waals surface area contributed by atoms with Crippen LogP contribution in [0.4, 0.5) is 5.69 Å². The quantitative estimate of drug-likeness (QED) is 0.659. The maximum Gasteiger partial charge on any atom is 0.335 e. The first-order valence-corrected chi connectivity index (χ1v) is 6.63. The number of aromatic carboxylic acids is 1. The monoisotopic (exact) mass is 351 g/mol. The number of carbonyl (C=O) groups is 1. The molecule has 0 aromatic heterocycles. The van der Waals surface area contributed by atoms with Gasteiger partial charge in [-0.15, -0.1) is 0 Å². The van der Waals surface area contributed by atoms with E-state index in [0.29, 0.717) is 15.8 Å². The van der Waals surface area contributed by atoms with Crippen LogP contribution in [0.25, 0.3) is 0 Å². The summed E-state index contributed by atoms with van der Waals surface area (Å²) >= 11 is 3.16. The Kier molecular flexibility index (Phi) is 4.23. The van der Waals surface area contributed by atoms with Crippen LogP contribution < -0.4 is 4.74 Å². The van der Waals surface area contributed by atoms with Crippen LogP contribution in [0.1, 0.15) is 15.9 Å². The van der Waals surface area contributed by atoms with E-state index in [1.54, 1.807) is 13.0 Å². The Labute approximate surface area is 128 Å². The molecule has 0 saturated carbocycles. The van der Waals surface area contributed by atoms with Crippen molar-refractivity contribution < 1.29 is 19.6 Å². The van der Waals surface area contributed by atoms with E-state index in [4.69, 9.17) is 9.84 Å². The van der Waals surface area contributed by atoms with Gasteiger partial charge >= 0.3 is 11.7 Å². The van der Waals surface area contributed by atoms with E-state index in [2.05, 4.69) is 15.9 Å². The molecular weight excluding hydrogens is 342 g/mol. The molecule has 0 saturated heterocycles. The molecule has 0 spiro atoms. The molecule has 0 heterocycles. The molecule has 108 valence electrons. The summed E-state index contributed by atoms with van der Waals surface area (Å²) in [5.74, 6) is -0.584. The number of rotatable bonds is 4. The first-order chi connectivity index (χ1) is 9.88. The van der Waals surface area contributed by atoms with Crippen molar-refractivity contribution >= 4 is 27.6 Å². The SMILES string of the molecule is Cc1cc(C(=O)O)ccc1Oc1ccc(Br)cc1[N+](=O)[O-]. The summed E-state index contributed by atoms with van der Waals surface area (Å²) in [4.78, 5) is 21.3. The molecule has 2 aromatic rings. The van der Waals surface area contributed by atoms with E-state index >= 15 is 0 Å². The smallest absolute Gasteiger partial charge is 0.335 e. The predicted octanol–water partition coefficient (Wildman–Crippen LogP) is 4.16. The highest BCUT2D eigenvalue weighted by atomic mass is 79.9. The normalized spacial score (nSPS) is 10.2. The molecule has 0 unspecified atom stereocenters. The standard InChI is InChI=1S/C14H10BrNO5/c1-8-6-9(14(17)18)2-4-12(8)21-13-5-3-10(15)7-11(13)16(19)20/h2-7H,1H3,(H,17,18). The largest absolute Gasteiger partial charge is 0.478 e. The minimum atomic E-state index is -1.04. The number of hydrogen-bond acceptors (Lipinski definition) is 4. The number of halogens is 1. The van der Waals surface area contributed by atoms with E-state index in [0.717, 1.165) is 0 Å². The summed E-state index contributed by atoms with van der Waals surface area (Å²) in [6.45, 7) is 1.67. The molecule has 1 N–H and O–H groups in total. The number of nitro groups is 1. The maximum atomic E-state index is 11.0. The minimum Gasteiger partial charge on any atom is -0.478 e. The van der Waals surface area contributed by atoms with Crippen molar-refractivity contribution in [1.29, 1.82) is 0 Å². The molecule has 0 aliphatic rings. The van der Waals surface area contributed by atoms with Crippen molar-refractivity contribution in [1.82, 2.24) is 0 Å². The zero-order valence-electron chi connectivity index (χ0n) is 10.9. The lowest BCUT2D eigenvalue weighted by molar-refractivity contribution is -0.385. The third-order valence-corrected chi connectivity index (χ3v) is 3.25. The molecule has 0 radical (unpaired) electrons. The van der Waals surface area contributed by atoms with Gasteiger partial charge in [-0.2, -0.15) is 0 Å². The second-order valence-corrected chi connectivity index (χ2v) is 5.17. The van der Waals surface area contributed by atoms with Crippen molar-refractivity contribution in [3.05, 3.63) is 62.1 Å². The van der Waals surface area contributed by atoms with Gasteiger partial charge in [-0.05, 0) is 42.8 Å². The lowest BCUT2D eigenvalue weighted by atomic mass is 10.1. The van der Waals surface area contributed by atoms with Crippen LogP contribution in [0.15, 0.2) is 40.9 Å². The van der Waals surface area contributed by atoms with Crippen molar-refractivity contribution in [3.8, 4) is 11.5 Å². The number of hydrogen-bond donors (Lipinski definition) is 1. The fraction of sp³-hybridized carbons (Fsp3) is 0.0714. The minimum absolute atomic E-state index is 0.0920. The van der Waals surface area contributed by atoms with Gasteiger partial charge in [0.2, 0.25) is 5.75 Å². The second kappa shape index (κ2) is 5.92. The highest BCUT2D eigenvalue weighted by Crippen LogP contribution is 2.35. The number of carboxylic acids is 1. The Hall–Kier alpha value is -2.41. The van der Waals surface area contributed by atoms with Gasteiger partial charge < -0.3 is 9.84 Å². The van der Waals surface area contributed by atoms with Crippen LogP contribution >= 0.6 is 15.9 Å². The van der Waals surface area contributed by atoms with Crippen LogP contribution in [0.5, 0.6) is 11.5 Å². The zero-order valence-corrected chi connectivity index (χ0v) is 12.5. The van der Waals surface area contributed by atoms with Crippen molar-refractivity contribution in [2.75, 3.05) is 0 Å². The first-order valence-electron chi connectivity index (χ1n) is 5.84. The van der Waals surface area contributed by atoms with E-state index in [1.165, 1.54) is 30.3 Å².